The van der Waals surface area contributed by atoms with Crippen LogP contribution in [0.5, 0.6) is 5.75 Å². The van der Waals surface area contributed by atoms with Gasteiger partial charge in [0.05, 0.1) is 23.8 Å². The van der Waals surface area contributed by atoms with E-state index in [-0.39, 0.29) is 36.9 Å². The summed E-state index contributed by atoms with van der Waals surface area (Å²) in [6.07, 6.45) is -0.245. The molecule has 0 saturated carbocycles. The first-order chi connectivity index (χ1) is 12.0. The number of benzene rings is 2. The van der Waals surface area contributed by atoms with Crippen molar-refractivity contribution in [1.82, 2.24) is 4.90 Å². The van der Waals surface area contributed by atoms with Crippen molar-refractivity contribution in [1.29, 1.82) is 0 Å². The average Bonchev–Trinajstić information content (AvgIpc) is 2.84. The molecule has 1 aliphatic heterocycles. The second-order valence-corrected chi connectivity index (χ2v) is 5.89. The lowest BCUT2D eigenvalue weighted by Gasteiger charge is -2.17. The third-order valence-electron chi connectivity index (χ3n) is 4.08. The van der Waals surface area contributed by atoms with Crippen LogP contribution in [0.15, 0.2) is 42.5 Å². The van der Waals surface area contributed by atoms with E-state index in [4.69, 9.17) is 9.47 Å². The van der Waals surface area contributed by atoms with Crippen molar-refractivity contribution in [3.8, 4) is 5.75 Å². The lowest BCUT2D eigenvalue weighted by molar-refractivity contribution is 0.0484. The minimum Gasteiger partial charge on any atom is -0.489 e. The van der Waals surface area contributed by atoms with Gasteiger partial charge in [0.2, 0.25) is 0 Å². The Hall–Kier alpha value is -2.73. The van der Waals surface area contributed by atoms with E-state index in [1.165, 1.54) is 24.1 Å². The number of rotatable bonds is 6. The van der Waals surface area contributed by atoms with Gasteiger partial charge in [-0.3, -0.25) is 14.5 Å². The molecule has 2 aromatic rings. The lowest BCUT2D eigenvalue weighted by Crippen LogP contribution is -2.36. The first-order valence-electron chi connectivity index (χ1n) is 7.90. The van der Waals surface area contributed by atoms with Crippen LogP contribution in [0.4, 0.5) is 4.39 Å². The molecule has 1 aliphatic rings. The zero-order valence-electron chi connectivity index (χ0n) is 14.0. The summed E-state index contributed by atoms with van der Waals surface area (Å²) in [6.45, 7) is 2.16. The number of halogens is 1. The van der Waals surface area contributed by atoms with Crippen LogP contribution < -0.4 is 4.74 Å². The SMILES string of the molecule is COC(C)CN1C(=O)c2ccc(OCc3cccc(F)c3)cc2C1=O. The smallest absolute Gasteiger partial charge is 0.261 e. The third-order valence-corrected chi connectivity index (χ3v) is 4.08. The molecule has 2 amide bonds. The molecule has 0 spiro atoms. The van der Waals surface area contributed by atoms with Gasteiger partial charge in [-0.05, 0) is 42.8 Å². The number of amides is 2. The van der Waals surface area contributed by atoms with Gasteiger partial charge in [-0.2, -0.15) is 0 Å². The van der Waals surface area contributed by atoms with E-state index in [9.17, 15) is 14.0 Å². The van der Waals surface area contributed by atoms with Gasteiger partial charge in [-0.1, -0.05) is 12.1 Å². The van der Waals surface area contributed by atoms with E-state index < -0.39 is 0 Å². The zero-order chi connectivity index (χ0) is 18.0. The first kappa shape index (κ1) is 17.1. The van der Waals surface area contributed by atoms with Crippen molar-refractivity contribution in [3.63, 3.8) is 0 Å². The highest BCUT2D eigenvalue weighted by molar-refractivity contribution is 6.21. The summed E-state index contributed by atoms with van der Waals surface area (Å²) < 4.78 is 23.9. The summed E-state index contributed by atoms with van der Waals surface area (Å²) in [5, 5.41) is 0. The van der Waals surface area contributed by atoms with Crippen molar-refractivity contribution in [2.45, 2.75) is 19.6 Å². The second-order valence-electron chi connectivity index (χ2n) is 5.89. The van der Waals surface area contributed by atoms with Gasteiger partial charge < -0.3 is 9.47 Å². The Balaban J connectivity index is 1.75. The average molecular weight is 343 g/mol. The largest absolute Gasteiger partial charge is 0.489 e. The number of carbonyl (C=O) groups is 2. The van der Waals surface area contributed by atoms with Crippen molar-refractivity contribution in [2.75, 3.05) is 13.7 Å². The van der Waals surface area contributed by atoms with Crippen molar-refractivity contribution >= 4 is 11.8 Å². The highest BCUT2D eigenvalue weighted by atomic mass is 19.1. The van der Waals surface area contributed by atoms with Gasteiger partial charge in [0.1, 0.15) is 18.2 Å². The summed E-state index contributed by atoms with van der Waals surface area (Å²) in [7, 11) is 1.53. The maximum atomic E-state index is 13.2. The maximum absolute atomic E-state index is 13.2. The highest BCUT2D eigenvalue weighted by Gasteiger charge is 2.36. The van der Waals surface area contributed by atoms with Gasteiger partial charge in [0.15, 0.2) is 0 Å². The molecule has 1 heterocycles. The highest BCUT2D eigenvalue weighted by Crippen LogP contribution is 2.27. The zero-order valence-corrected chi connectivity index (χ0v) is 14.0. The van der Waals surface area contributed by atoms with Crippen molar-refractivity contribution in [3.05, 3.63) is 65.0 Å². The molecule has 0 N–H and O–H groups in total. The first-order valence-corrected chi connectivity index (χ1v) is 7.90. The van der Waals surface area contributed by atoms with Crippen molar-refractivity contribution < 1.29 is 23.5 Å². The van der Waals surface area contributed by atoms with E-state index >= 15 is 0 Å². The Kier molecular flexibility index (Phi) is 4.81. The minimum atomic E-state index is -0.361. The predicted octanol–water partition coefficient (Wildman–Crippen LogP) is 3.04. The topological polar surface area (TPSA) is 55.8 Å². The number of imide groups is 1. The molecule has 3 rings (SSSR count). The summed E-state index contributed by atoms with van der Waals surface area (Å²) >= 11 is 0. The molecule has 0 radical (unpaired) electrons. The Morgan fingerprint density at radius 3 is 2.56 bits per heavy atom. The monoisotopic (exact) mass is 343 g/mol. The number of carbonyl (C=O) groups excluding carboxylic acids is 2. The molecule has 1 atom stereocenters. The molecule has 0 aromatic heterocycles. The molecule has 2 aromatic carbocycles. The maximum Gasteiger partial charge on any atom is 0.261 e. The molecule has 0 bridgehead atoms. The lowest BCUT2D eigenvalue weighted by atomic mass is 10.1. The van der Waals surface area contributed by atoms with E-state index in [0.29, 0.717) is 22.4 Å². The fourth-order valence-electron chi connectivity index (χ4n) is 2.65. The van der Waals surface area contributed by atoms with Gasteiger partial charge in [0, 0.05) is 7.11 Å². The number of nitrogens with zero attached hydrogens (tertiary/aromatic N) is 1. The Labute approximate surface area is 145 Å². The molecule has 0 saturated heterocycles. The Morgan fingerprint density at radius 1 is 1.08 bits per heavy atom. The quantitative estimate of drug-likeness (QED) is 0.757. The fourth-order valence-corrected chi connectivity index (χ4v) is 2.65. The molecule has 0 aliphatic carbocycles. The van der Waals surface area contributed by atoms with Gasteiger partial charge in [0.25, 0.3) is 11.8 Å². The molecule has 6 heteroatoms. The van der Waals surface area contributed by atoms with Crippen molar-refractivity contribution in [2.24, 2.45) is 0 Å². The number of ether oxygens (including phenoxy) is 2. The summed E-state index contributed by atoms with van der Waals surface area (Å²) in [5.41, 5.74) is 1.34. The predicted molar refractivity (Wildman–Crippen MR) is 89.0 cm³/mol. The molecule has 0 fully saturated rings. The van der Waals surface area contributed by atoms with Crippen LogP contribution in [-0.4, -0.2) is 36.5 Å². The normalized spacial score (nSPS) is 14.6. The van der Waals surface area contributed by atoms with Gasteiger partial charge >= 0.3 is 0 Å². The molecule has 130 valence electrons. The van der Waals surface area contributed by atoms with Gasteiger partial charge in [-0.15, -0.1) is 0 Å². The number of fused-ring (bicyclic) bond motifs is 1. The van der Waals surface area contributed by atoms with Crippen LogP contribution in [0.2, 0.25) is 0 Å². The van der Waals surface area contributed by atoms with Crippen LogP contribution in [-0.2, 0) is 11.3 Å². The van der Waals surface area contributed by atoms with E-state index in [2.05, 4.69) is 0 Å². The van der Waals surface area contributed by atoms with Crippen LogP contribution in [0, 0.1) is 5.82 Å². The Morgan fingerprint density at radius 2 is 1.84 bits per heavy atom. The van der Waals surface area contributed by atoms with Crippen LogP contribution in [0.1, 0.15) is 33.2 Å². The fraction of sp³-hybridized carbons (Fsp3) is 0.263. The van der Waals surface area contributed by atoms with E-state index in [1.807, 2.05) is 0 Å². The molecular weight excluding hydrogens is 325 g/mol. The second kappa shape index (κ2) is 7.03. The molecule has 5 nitrogen and oxygen atoms in total. The molecule has 1 unspecified atom stereocenters. The molecular formula is C19H18FNO4. The summed E-state index contributed by atoms with van der Waals surface area (Å²) in [5.74, 6) is -0.579. The van der Waals surface area contributed by atoms with E-state index in [1.54, 1.807) is 37.3 Å². The van der Waals surface area contributed by atoms with Crippen LogP contribution in [0.25, 0.3) is 0 Å². The van der Waals surface area contributed by atoms with Crippen LogP contribution >= 0.6 is 0 Å². The Bertz CT molecular complexity index is 821. The standard InChI is InChI=1S/C19H18FNO4/c1-12(24-2)10-21-18(22)16-7-6-15(9-17(16)19(21)23)25-11-13-4-3-5-14(20)8-13/h3-9,12H,10-11H2,1-2H3. The molecule has 25 heavy (non-hydrogen) atoms. The number of hydrogen-bond acceptors (Lipinski definition) is 4. The third kappa shape index (κ3) is 3.53. The van der Waals surface area contributed by atoms with Crippen LogP contribution in [0.3, 0.4) is 0 Å². The van der Waals surface area contributed by atoms with Gasteiger partial charge in [-0.25, -0.2) is 4.39 Å². The summed E-state index contributed by atoms with van der Waals surface area (Å²) in [4.78, 5) is 26.0. The summed E-state index contributed by atoms with van der Waals surface area (Å²) in [6, 6.07) is 10.9. The number of methoxy groups -OCH3 is 1. The number of hydrogen-bond donors (Lipinski definition) is 0. The minimum absolute atomic E-state index is 0.170. The van der Waals surface area contributed by atoms with E-state index in [0.717, 1.165) is 0 Å².